The number of halogens is 2. The third-order valence-electron chi connectivity index (χ3n) is 2.00. The largest absolute Gasteiger partial charge is 0.488 e. The van der Waals surface area contributed by atoms with Crippen LogP contribution in [-0.2, 0) is 6.42 Å². The van der Waals surface area contributed by atoms with Gasteiger partial charge < -0.3 is 10.5 Å². The molecule has 1 unspecified atom stereocenters. The zero-order valence-electron chi connectivity index (χ0n) is 9.12. The molecule has 1 atom stereocenters. The maximum Gasteiger partial charge on any atom is 0.125 e. The molecule has 0 aromatic heterocycles. The lowest BCUT2D eigenvalue weighted by atomic mass is 10.1. The number of hydrogen-bond donors (Lipinski definition) is 1. The van der Waals surface area contributed by atoms with E-state index in [1.165, 1.54) is 5.54 Å². The molecule has 2 N–H and O–H groups in total. The van der Waals surface area contributed by atoms with Gasteiger partial charge in [0.15, 0.2) is 0 Å². The second-order valence-electron chi connectivity index (χ2n) is 3.63. The van der Waals surface area contributed by atoms with Crippen molar-refractivity contribution in [2.75, 3.05) is 6.61 Å². The molecule has 0 aliphatic heterocycles. The fourth-order valence-electron chi connectivity index (χ4n) is 1.34. The Morgan fingerprint density at radius 3 is 2.81 bits per heavy atom. The van der Waals surface area contributed by atoms with Crippen molar-refractivity contribution in [3.63, 3.8) is 0 Å². The van der Waals surface area contributed by atoms with Crippen LogP contribution in [0.3, 0.4) is 0 Å². The number of rotatable bonds is 5. The van der Waals surface area contributed by atoms with Crippen molar-refractivity contribution in [2.24, 2.45) is 5.73 Å². The van der Waals surface area contributed by atoms with Crippen molar-refractivity contribution in [3.05, 3.63) is 40.4 Å². The molecule has 0 fully saturated rings. The van der Waals surface area contributed by atoms with Gasteiger partial charge in [-0.25, -0.2) is 0 Å². The van der Waals surface area contributed by atoms with Crippen LogP contribution in [0.2, 0.25) is 0 Å². The molecule has 1 rings (SSSR count). The summed E-state index contributed by atoms with van der Waals surface area (Å²) in [6, 6.07) is 7.87. The SMILES string of the molecule is CC(N)Cc1ccccc1OCC(Cl)=CCl. The van der Waals surface area contributed by atoms with E-state index in [0.29, 0.717) is 5.03 Å². The number of ether oxygens (including phenoxy) is 1. The Kier molecular flexibility index (Phi) is 5.67. The van der Waals surface area contributed by atoms with Crippen LogP contribution in [0.4, 0.5) is 0 Å². The summed E-state index contributed by atoms with van der Waals surface area (Å²) in [6.45, 7) is 2.24. The van der Waals surface area contributed by atoms with Gasteiger partial charge in [-0.15, -0.1) is 0 Å². The highest BCUT2D eigenvalue weighted by molar-refractivity contribution is 6.36. The van der Waals surface area contributed by atoms with E-state index >= 15 is 0 Å². The monoisotopic (exact) mass is 259 g/mol. The Balaban J connectivity index is 2.71. The molecule has 88 valence electrons. The predicted molar refractivity (Wildman–Crippen MR) is 69.1 cm³/mol. The highest BCUT2D eigenvalue weighted by atomic mass is 35.5. The Morgan fingerprint density at radius 2 is 2.19 bits per heavy atom. The van der Waals surface area contributed by atoms with Crippen LogP contribution in [0.15, 0.2) is 34.8 Å². The maximum atomic E-state index is 5.76. The van der Waals surface area contributed by atoms with E-state index in [-0.39, 0.29) is 12.6 Å². The first-order valence-corrected chi connectivity index (χ1v) is 5.86. The average molecular weight is 260 g/mol. The predicted octanol–water partition coefficient (Wildman–Crippen LogP) is 3.27. The van der Waals surface area contributed by atoms with Crippen molar-refractivity contribution < 1.29 is 4.74 Å². The molecule has 1 aromatic rings. The molecule has 2 nitrogen and oxygen atoms in total. The molecule has 0 aliphatic carbocycles. The van der Waals surface area contributed by atoms with Gasteiger partial charge in [-0.05, 0) is 25.0 Å². The summed E-state index contributed by atoms with van der Waals surface area (Å²) in [5.41, 5.74) is 8.14. The van der Waals surface area contributed by atoms with Gasteiger partial charge in [-0.2, -0.15) is 0 Å². The second-order valence-corrected chi connectivity index (χ2v) is 4.34. The van der Waals surface area contributed by atoms with E-state index in [1.54, 1.807) is 0 Å². The fourth-order valence-corrected chi connectivity index (χ4v) is 1.46. The first kappa shape index (κ1) is 13.4. The van der Waals surface area contributed by atoms with E-state index in [9.17, 15) is 0 Å². The van der Waals surface area contributed by atoms with Crippen LogP contribution >= 0.6 is 23.2 Å². The van der Waals surface area contributed by atoms with Crippen LogP contribution in [0.1, 0.15) is 12.5 Å². The topological polar surface area (TPSA) is 35.2 Å². The van der Waals surface area contributed by atoms with E-state index < -0.39 is 0 Å². The Bertz CT molecular complexity index is 364. The quantitative estimate of drug-likeness (QED) is 0.881. The molecule has 0 saturated carbocycles. The summed E-state index contributed by atoms with van der Waals surface area (Å²) in [5.74, 6) is 0.802. The molecular weight excluding hydrogens is 245 g/mol. The molecule has 0 heterocycles. The minimum absolute atomic E-state index is 0.101. The molecule has 0 aliphatic rings. The number of para-hydroxylation sites is 1. The summed E-state index contributed by atoms with van der Waals surface area (Å²) in [7, 11) is 0. The smallest absolute Gasteiger partial charge is 0.125 e. The van der Waals surface area contributed by atoms with Crippen molar-refractivity contribution in [1.29, 1.82) is 0 Å². The fraction of sp³-hybridized carbons (Fsp3) is 0.333. The molecule has 16 heavy (non-hydrogen) atoms. The van der Waals surface area contributed by atoms with Crippen LogP contribution in [0, 0.1) is 0 Å². The first-order chi connectivity index (χ1) is 7.63. The Morgan fingerprint density at radius 1 is 1.50 bits per heavy atom. The van der Waals surface area contributed by atoms with Crippen molar-refractivity contribution in [1.82, 2.24) is 0 Å². The van der Waals surface area contributed by atoms with Crippen molar-refractivity contribution in [3.8, 4) is 5.75 Å². The Hall–Kier alpha value is -0.700. The first-order valence-electron chi connectivity index (χ1n) is 5.04. The van der Waals surface area contributed by atoms with Crippen LogP contribution in [-0.4, -0.2) is 12.6 Å². The minimum atomic E-state index is 0.101. The molecule has 0 radical (unpaired) electrons. The van der Waals surface area contributed by atoms with Gasteiger partial charge in [0, 0.05) is 11.6 Å². The summed E-state index contributed by atoms with van der Waals surface area (Å²) < 4.78 is 5.55. The molecule has 4 heteroatoms. The molecule has 0 spiro atoms. The molecular formula is C12H15Cl2NO. The summed E-state index contributed by atoms with van der Waals surface area (Å²) in [5, 5.41) is 0.470. The Labute approximate surface area is 106 Å². The van der Waals surface area contributed by atoms with Crippen molar-refractivity contribution in [2.45, 2.75) is 19.4 Å². The van der Waals surface area contributed by atoms with Crippen LogP contribution in [0.25, 0.3) is 0 Å². The zero-order chi connectivity index (χ0) is 12.0. The van der Waals surface area contributed by atoms with Crippen LogP contribution in [0.5, 0.6) is 5.75 Å². The number of benzene rings is 1. The summed E-state index contributed by atoms with van der Waals surface area (Å²) >= 11 is 11.2. The lowest BCUT2D eigenvalue weighted by Gasteiger charge is -2.12. The number of nitrogens with two attached hydrogens (primary N) is 1. The molecule has 0 bridgehead atoms. The number of hydrogen-bond acceptors (Lipinski definition) is 2. The van der Waals surface area contributed by atoms with E-state index in [1.807, 2.05) is 31.2 Å². The van der Waals surface area contributed by atoms with Crippen molar-refractivity contribution >= 4 is 23.2 Å². The zero-order valence-corrected chi connectivity index (χ0v) is 10.6. The lowest BCUT2D eigenvalue weighted by molar-refractivity contribution is 0.354. The third kappa shape index (κ3) is 4.44. The third-order valence-corrected chi connectivity index (χ3v) is 2.59. The van der Waals surface area contributed by atoms with Gasteiger partial charge in [0.2, 0.25) is 0 Å². The van der Waals surface area contributed by atoms with Gasteiger partial charge >= 0.3 is 0 Å². The second kappa shape index (κ2) is 6.79. The highest BCUT2D eigenvalue weighted by Crippen LogP contribution is 2.20. The molecule has 0 saturated heterocycles. The highest BCUT2D eigenvalue weighted by Gasteiger charge is 2.05. The standard InChI is InChI=1S/C12H15Cl2NO/c1-9(15)6-10-4-2-3-5-12(10)16-8-11(14)7-13/h2-5,7,9H,6,8,15H2,1H3. The minimum Gasteiger partial charge on any atom is -0.488 e. The van der Waals surface area contributed by atoms with E-state index in [2.05, 4.69) is 0 Å². The van der Waals surface area contributed by atoms with Gasteiger partial charge in [0.05, 0.1) is 5.03 Å². The lowest BCUT2D eigenvalue weighted by Crippen LogP contribution is -2.18. The molecule has 0 amide bonds. The van der Waals surface area contributed by atoms with Gasteiger partial charge in [0.25, 0.3) is 0 Å². The maximum absolute atomic E-state index is 5.76. The van der Waals surface area contributed by atoms with Gasteiger partial charge in [-0.3, -0.25) is 0 Å². The van der Waals surface area contributed by atoms with E-state index in [4.69, 9.17) is 33.7 Å². The van der Waals surface area contributed by atoms with Gasteiger partial charge in [0.1, 0.15) is 12.4 Å². The molecule has 1 aromatic carbocycles. The van der Waals surface area contributed by atoms with E-state index in [0.717, 1.165) is 17.7 Å². The summed E-state index contributed by atoms with van der Waals surface area (Å²) in [6.07, 6.45) is 0.776. The van der Waals surface area contributed by atoms with Gasteiger partial charge in [-0.1, -0.05) is 41.4 Å². The normalized spacial score (nSPS) is 13.6. The van der Waals surface area contributed by atoms with Crippen LogP contribution < -0.4 is 10.5 Å². The average Bonchev–Trinajstić information content (AvgIpc) is 2.26. The summed E-state index contributed by atoms with van der Waals surface area (Å²) in [4.78, 5) is 0.